The summed E-state index contributed by atoms with van der Waals surface area (Å²) in [6.07, 6.45) is 4.66. The van der Waals surface area contributed by atoms with Crippen LogP contribution in [0.1, 0.15) is 22.3 Å². The van der Waals surface area contributed by atoms with Gasteiger partial charge in [0.1, 0.15) is 12.1 Å². The molecule has 1 aromatic heterocycles. The van der Waals surface area contributed by atoms with E-state index in [4.69, 9.17) is 23.2 Å². The van der Waals surface area contributed by atoms with Gasteiger partial charge in [0.05, 0.1) is 5.34 Å². The fraction of sp³-hybridized carbons (Fsp3) is 0.214. The van der Waals surface area contributed by atoms with Crippen molar-refractivity contribution in [3.63, 3.8) is 0 Å². The molecule has 0 aliphatic heterocycles. The lowest BCUT2D eigenvalue weighted by molar-refractivity contribution is 0.0994. The molecule has 0 atom stereocenters. The van der Waals surface area contributed by atoms with Crippen LogP contribution in [0, 0.1) is 0 Å². The standard InChI is InChI=1S/C13H11N3O.CH2Cl2/c17-12-4-1-9-7-10(2-3-11(9)12)16-13-5-6-14-8-15-13;2-1-3/h2-3,5-8H,1,4H2,(H,14,15,16);1H2. The van der Waals surface area contributed by atoms with Crippen molar-refractivity contribution in [3.05, 3.63) is 47.9 Å². The van der Waals surface area contributed by atoms with Crippen molar-refractivity contribution in [3.8, 4) is 0 Å². The number of hydrogen-bond acceptors (Lipinski definition) is 4. The fourth-order valence-electron chi connectivity index (χ4n) is 2.05. The average molecular weight is 310 g/mol. The summed E-state index contributed by atoms with van der Waals surface area (Å²) < 4.78 is 0. The third kappa shape index (κ3) is 3.68. The Morgan fingerprint density at radius 3 is 2.70 bits per heavy atom. The van der Waals surface area contributed by atoms with Gasteiger partial charge in [-0.05, 0) is 36.2 Å². The molecule has 0 radical (unpaired) electrons. The predicted molar refractivity (Wildman–Crippen MR) is 81.0 cm³/mol. The van der Waals surface area contributed by atoms with Crippen LogP contribution >= 0.6 is 23.2 Å². The number of nitrogens with one attached hydrogen (secondary N) is 1. The Kier molecular flexibility index (Phi) is 5.32. The molecule has 0 spiro atoms. The number of rotatable bonds is 2. The number of carbonyl (C=O) groups excluding carboxylic acids is 1. The first-order valence-electron chi connectivity index (χ1n) is 6.05. The van der Waals surface area contributed by atoms with Crippen molar-refractivity contribution >= 4 is 40.5 Å². The summed E-state index contributed by atoms with van der Waals surface area (Å²) in [4.78, 5) is 19.4. The Bertz CT molecular complexity index is 590. The third-order valence-electron chi connectivity index (χ3n) is 2.88. The van der Waals surface area contributed by atoms with Gasteiger partial charge in [0, 0.05) is 23.9 Å². The molecule has 4 nitrogen and oxygen atoms in total. The second-order valence-corrected chi connectivity index (χ2v) is 4.92. The molecule has 104 valence electrons. The number of aryl methyl sites for hydroxylation is 1. The molecule has 0 saturated heterocycles. The lowest BCUT2D eigenvalue weighted by Crippen LogP contribution is -1.96. The number of anilines is 2. The molecule has 1 aliphatic carbocycles. The van der Waals surface area contributed by atoms with Gasteiger partial charge in [-0.3, -0.25) is 4.79 Å². The predicted octanol–water partition coefficient (Wildman–Crippen LogP) is 3.77. The number of fused-ring (bicyclic) bond motifs is 1. The Labute approximate surface area is 127 Å². The van der Waals surface area contributed by atoms with Gasteiger partial charge >= 0.3 is 0 Å². The minimum atomic E-state index is 0.194. The van der Waals surface area contributed by atoms with Crippen LogP contribution in [-0.2, 0) is 6.42 Å². The minimum absolute atomic E-state index is 0.194. The molecule has 1 aliphatic rings. The van der Waals surface area contributed by atoms with Crippen LogP contribution in [0.3, 0.4) is 0 Å². The Morgan fingerprint density at radius 1 is 1.20 bits per heavy atom. The highest BCUT2D eigenvalue weighted by Gasteiger charge is 2.19. The van der Waals surface area contributed by atoms with Crippen LogP contribution in [0.4, 0.5) is 11.5 Å². The fourth-order valence-corrected chi connectivity index (χ4v) is 2.05. The maximum atomic E-state index is 11.5. The first-order valence-corrected chi connectivity index (χ1v) is 7.12. The van der Waals surface area contributed by atoms with Crippen LogP contribution in [0.5, 0.6) is 0 Å². The monoisotopic (exact) mass is 309 g/mol. The van der Waals surface area contributed by atoms with Crippen molar-refractivity contribution in [2.75, 3.05) is 10.7 Å². The summed E-state index contributed by atoms with van der Waals surface area (Å²) in [6.45, 7) is 0. The molecule has 0 unspecified atom stereocenters. The van der Waals surface area contributed by atoms with Crippen molar-refractivity contribution < 1.29 is 4.79 Å². The van der Waals surface area contributed by atoms with E-state index in [2.05, 4.69) is 15.3 Å². The molecule has 1 aromatic carbocycles. The third-order valence-corrected chi connectivity index (χ3v) is 2.88. The molecule has 3 rings (SSSR count). The van der Waals surface area contributed by atoms with E-state index in [1.807, 2.05) is 18.2 Å². The number of aromatic nitrogens is 2. The zero-order valence-corrected chi connectivity index (χ0v) is 12.2. The van der Waals surface area contributed by atoms with Gasteiger partial charge < -0.3 is 5.32 Å². The summed E-state index contributed by atoms with van der Waals surface area (Å²) in [6, 6.07) is 7.61. The van der Waals surface area contributed by atoms with Crippen molar-refractivity contribution in [2.45, 2.75) is 12.8 Å². The molecular weight excluding hydrogens is 297 g/mol. The zero-order chi connectivity index (χ0) is 14.4. The quantitative estimate of drug-likeness (QED) is 0.858. The summed E-state index contributed by atoms with van der Waals surface area (Å²) >= 11 is 9.53. The molecule has 0 fully saturated rings. The van der Waals surface area contributed by atoms with Crippen LogP contribution in [0.2, 0.25) is 0 Å². The van der Waals surface area contributed by atoms with E-state index in [0.29, 0.717) is 6.42 Å². The molecule has 0 saturated carbocycles. The zero-order valence-electron chi connectivity index (χ0n) is 10.6. The van der Waals surface area contributed by atoms with Crippen LogP contribution < -0.4 is 5.32 Å². The van der Waals surface area contributed by atoms with E-state index in [-0.39, 0.29) is 11.1 Å². The number of alkyl halides is 2. The number of halogens is 2. The number of ketones is 1. The highest BCUT2D eigenvalue weighted by Crippen LogP contribution is 2.26. The minimum Gasteiger partial charge on any atom is -0.340 e. The first kappa shape index (κ1) is 14.8. The average Bonchev–Trinajstić information content (AvgIpc) is 2.82. The summed E-state index contributed by atoms with van der Waals surface area (Å²) in [7, 11) is 0. The van der Waals surface area contributed by atoms with E-state index in [0.717, 1.165) is 29.1 Å². The molecule has 0 bridgehead atoms. The lowest BCUT2D eigenvalue weighted by Gasteiger charge is -2.06. The maximum absolute atomic E-state index is 11.5. The summed E-state index contributed by atoms with van der Waals surface area (Å²) in [5.41, 5.74) is 2.93. The van der Waals surface area contributed by atoms with Gasteiger partial charge in [-0.25, -0.2) is 9.97 Å². The highest BCUT2D eigenvalue weighted by molar-refractivity contribution is 6.40. The molecule has 1 heterocycles. The SMILES string of the molecule is ClCCl.O=C1CCc2cc(Nc3ccncn3)ccc21. The van der Waals surface area contributed by atoms with E-state index in [1.165, 1.54) is 6.33 Å². The van der Waals surface area contributed by atoms with E-state index in [9.17, 15) is 4.79 Å². The van der Waals surface area contributed by atoms with E-state index in [1.54, 1.807) is 12.3 Å². The van der Waals surface area contributed by atoms with Crippen molar-refractivity contribution in [1.82, 2.24) is 9.97 Å². The Hall–Kier alpha value is -1.65. The van der Waals surface area contributed by atoms with Crippen LogP contribution in [0.25, 0.3) is 0 Å². The largest absolute Gasteiger partial charge is 0.340 e. The number of benzene rings is 1. The molecule has 2 aromatic rings. The topological polar surface area (TPSA) is 54.9 Å². The number of Topliss-reactive ketones (excluding diaryl/α,β-unsaturated/α-hetero) is 1. The highest BCUT2D eigenvalue weighted by atomic mass is 35.5. The van der Waals surface area contributed by atoms with E-state index < -0.39 is 0 Å². The first-order chi connectivity index (χ1) is 9.74. The van der Waals surface area contributed by atoms with Gasteiger partial charge in [-0.2, -0.15) is 0 Å². The second kappa shape index (κ2) is 7.22. The number of carbonyl (C=O) groups is 1. The molecular formula is C14H13Cl2N3O. The van der Waals surface area contributed by atoms with Gasteiger partial charge in [0.25, 0.3) is 0 Å². The molecule has 0 amide bonds. The molecule has 20 heavy (non-hydrogen) atoms. The van der Waals surface area contributed by atoms with Crippen LogP contribution in [-0.4, -0.2) is 21.1 Å². The normalized spacial score (nSPS) is 12.4. The van der Waals surface area contributed by atoms with Gasteiger partial charge in [-0.1, -0.05) is 0 Å². The lowest BCUT2D eigenvalue weighted by atomic mass is 10.1. The smallest absolute Gasteiger partial charge is 0.163 e. The Morgan fingerprint density at radius 2 is 2.00 bits per heavy atom. The van der Waals surface area contributed by atoms with Gasteiger partial charge in [0.2, 0.25) is 0 Å². The Balaban J connectivity index is 0.000000452. The summed E-state index contributed by atoms with van der Waals surface area (Å²) in [5, 5.41) is 3.38. The number of hydrogen-bond donors (Lipinski definition) is 1. The van der Waals surface area contributed by atoms with Crippen molar-refractivity contribution in [1.29, 1.82) is 0 Å². The van der Waals surface area contributed by atoms with Gasteiger partial charge in [0.15, 0.2) is 5.78 Å². The molecule has 1 N–H and O–H groups in total. The van der Waals surface area contributed by atoms with Crippen LogP contribution in [0.15, 0.2) is 36.8 Å². The maximum Gasteiger partial charge on any atom is 0.163 e. The second-order valence-electron chi connectivity index (χ2n) is 4.12. The van der Waals surface area contributed by atoms with Gasteiger partial charge in [-0.15, -0.1) is 23.2 Å². The van der Waals surface area contributed by atoms with E-state index >= 15 is 0 Å². The van der Waals surface area contributed by atoms with Crippen molar-refractivity contribution in [2.24, 2.45) is 0 Å². The molecule has 6 heteroatoms. The summed E-state index contributed by atoms with van der Waals surface area (Å²) in [5.74, 6) is 0.998. The number of nitrogens with zero attached hydrogens (tertiary/aromatic N) is 2.